The second kappa shape index (κ2) is 5.68. The number of nitrogens with two attached hydrogens (primary N) is 1. The van der Waals surface area contributed by atoms with Crippen molar-refractivity contribution in [2.45, 2.75) is 24.6 Å². The van der Waals surface area contributed by atoms with Gasteiger partial charge in [-0.2, -0.15) is 0 Å². The standard InChI is InChI=1S/C17H18N2O2/c18-15(11-6-2-1-3-7-11)17(21)19-16-13-9-5-4-8-12(13)10-14(16)20/h1-9,14-16,20H,10,18H2,(H,19,21)/t14-,15?,16+/m0/s1. The van der Waals surface area contributed by atoms with Gasteiger partial charge in [-0.15, -0.1) is 0 Å². The number of carbonyl (C=O) groups excluding carboxylic acids is 1. The number of hydrogen-bond donors (Lipinski definition) is 3. The zero-order valence-corrected chi connectivity index (χ0v) is 11.6. The van der Waals surface area contributed by atoms with Crippen molar-refractivity contribution < 1.29 is 9.90 Å². The van der Waals surface area contributed by atoms with Gasteiger partial charge >= 0.3 is 0 Å². The third-order valence-electron chi connectivity index (χ3n) is 3.94. The van der Waals surface area contributed by atoms with Crippen molar-refractivity contribution in [3.05, 3.63) is 71.3 Å². The molecule has 1 aliphatic rings. The van der Waals surface area contributed by atoms with Gasteiger partial charge in [0.15, 0.2) is 0 Å². The molecular formula is C17H18N2O2. The van der Waals surface area contributed by atoms with Crippen LogP contribution in [0, 0.1) is 0 Å². The molecule has 0 aromatic heterocycles. The highest BCUT2D eigenvalue weighted by Gasteiger charge is 2.33. The molecule has 4 nitrogen and oxygen atoms in total. The molecule has 0 radical (unpaired) electrons. The zero-order chi connectivity index (χ0) is 14.8. The van der Waals surface area contributed by atoms with Gasteiger partial charge in [0.25, 0.3) is 0 Å². The summed E-state index contributed by atoms with van der Waals surface area (Å²) < 4.78 is 0. The van der Waals surface area contributed by atoms with Gasteiger partial charge in [0, 0.05) is 6.42 Å². The van der Waals surface area contributed by atoms with Crippen LogP contribution in [-0.2, 0) is 11.2 Å². The van der Waals surface area contributed by atoms with Crippen LogP contribution in [0.3, 0.4) is 0 Å². The summed E-state index contributed by atoms with van der Waals surface area (Å²) in [5.41, 5.74) is 8.79. The first kappa shape index (κ1) is 13.8. The number of aliphatic hydroxyl groups excluding tert-OH is 1. The van der Waals surface area contributed by atoms with Crippen molar-refractivity contribution in [3.8, 4) is 0 Å². The number of fused-ring (bicyclic) bond motifs is 1. The van der Waals surface area contributed by atoms with Gasteiger partial charge in [-0.25, -0.2) is 0 Å². The molecule has 1 aliphatic carbocycles. The average Bonchev–Trinajstić information content (AvgIpc) is 2.83. The molecule has 3 rings (SSSR count). The molecule has 0 aliphatic heterocycles. The summed E-state index contributed by atoms with van der Waals surface area (Å²) in [7, 11) is 0. The van der Waals surface area contributed by atoms with Crippen LogP contribution < -0.4 is 11.1 Å². The van der Waals surface area contributed by atoms with Crippen molar-refractivity contribution >= 4 is 5.91 Å². The Morgan fingerprint density at radius 2 is 1.81 bits per heavy atom. The Balaban J connectivity index is 1.76. The Labute approximate surface area is 123 Å². The van der Waals surface area contributed by atoms with Gasteiger partial charge in [-0.1, -0.05) is 54.6 Å². The third-order valence-corrected chi connectivity index (χ3v) is 3.94. The molecule has 0 heterocycles. The fourth-order valence-electron chi connectivity index (χ4n) is 2.80. The molecule has 4 N–H and O–H groups in total. The highest BCUT2D eigenvalue weighted by atomic mass is 16.3. The van der Waals surface area contributed by atoms with Crippen molar-refractivity contribution in [2.75, 3.05) is 0 Å². The van der Waals surface area contributed by atoms with Crippen molar-refractivity contribution in [2.24, 2.45) is 5.73 Å². The predicted octanol–water partition coefficient (Wildman–Crippen LogP) is 1.46. The number of benzene rings is 2. The van der Waals surface area contributed by atoms with E-state index in [-0.39, 0.29) is 11.9 Å². The van der Waals surface area contributed by atoms with Crippen molar-refractivity contribution in [1.82, 2.24) is 5.32 Å². The molecule has 0 saturated carbocycles. The van der Waals surface area contributed by atoms with Gasteiger partial charge in [0.1, 0.15) is 6.04 Å². The zero-order valence-electron chi connectivity index (χ0n) is 11.6. The third kappa shape index (κ3) is 2.68. The quantitative estimate of drug-likeness (QED) is 0.798. The summed E-state index contributed by atoms with van der Waals surface area (Å²) in [5.74, 6) is -0.276. The molecule has 0 saturated heterocycles. The number of carbonyl (C=O) groups is 1. The van der Waals surface area contributed by atoms with Gasteiger partial charge in [0.2, 0.25) is 5.91 Å². The topological polar surface area (TPSA) is 75.4 Å². The molecule has 3 atom stereocenters. The fourth-order valence-corrected chi connectivity index (χ4v) is 2.80. The van der Waals surface area contributed by atoms with E-state index in [4.69, 9.17) is 5.73 Å². The van der Waals surface area contributed by atoms with E-state index in [9.17, 15) is 9.90 Å². The Kier molecular flexibility index (Phi) is 3.73. The van der Waals surface area contributed by atoms with E-state index < -0.39 is 12.1 Å². The largest absolute Gasteiger partial charge is 0.390 e. The first-order valence-electron chi connectivity index (χ1n) is 7.03. The molecule has 0 fully saturated rings. The van der Waals surface area contributed by atoms with Gasteiger partial charge in [0.05, 0.1) is 12.1 Å². The maximum atomic E-state index is 12.3. The number of hydrogen-bond acceptors (Lipinski definition) is 3. The normalized spacial score (nSPS) is 21.6. The van der Waals surface area contributed by atoms with Crippen molar-refractivity contribution in [1.29, 1.82) is 0 Å². The lowest BCUT2D eigenvalue weighted by Gasteiger charge is -2.20. The van der Waals surface area contributed by atoms with E-state index in [0.717, 1.165) is 16.7 Å². The van der Waals surface area contributed by atoms with Crippen LogP contribution in [0.1, 0.15) is 28.8 Å². The van der Waals surface area contributed by atoms with Crippen LogP contribution in [0.15, 0.2) is 54.6 Å². The lowest BCUT2D eigenvalue weighted by molar-refractivity contribution is -0.124. The maximum absolute atomic E-state index is 12.3. The number of aliphatic hydroxyl groups is 1. The van der Waals surface area contributed by atoms with Crippen molar-refractivity contribution in [3.63, 3.8) is 0 Å². The second-order valence-corrected chi connectivity index (χ2v) is 5.34. The van der Waals surface area contributed by atoms with Crippen LogP contribution in [0.2, 0.25) is 0 Å². The van der Waals surface area contributed by atoms with Crippen LogP contribution in [0.25, 0.3) is 0 Å². The molecule has 2 aromatic rings. The molecule has 0 bridgehead atoms. The summed E-state index contributed by atoms with van der Waals surface area (Å²) in [6.45, 7) is 0. The Morgan fingerprint density at radius 1 is 1.14 bits per heavy atom. The minimum absolute atomic E-state index is 0.276. The molecule has 0 spiro atoms. The Bertz CT molecular complexity index is 642. The summed E-state index contributed by atoms with van der Waals surface area (Å²) in [5, 5.41) is 13.0. The molecule has 21 heavy (non-hydrogen) atoms. The SMILES string of the molecule is NC(C(=O)N[C@@H]1c2ccccc2C[C@@H]1O)c1ccccc1. The molecule has 1 unspecified atom stereocenters. The summed E-state index contributed by atoms with van der Waals surface area (Å²) >= 11 is 0. The average molecular weight is 282 g/mol. The highest BCUT2D eigenvalue weighted by Crippen LogP contribution is 2.31. The van der Waals surface area contributed by atoms with Gasteiger partial charge < -0.3 is 16.2 Å². The lowest BCUT2D eigenvalue weighted by Crippen LogP contribution is -2.39. The molecule has 2 aromatic carbocycles. The van der Waals surface area contributed by atoms with Gasteiger partial charge in [-0.3, -0.25) is 4.79 Å². The Morgan fingerprint density at radius 3 is 2.57 bits per heavy atom. The predicted molar refractivity (Wildman–Crippen MR) is 80.4 cm³/mol. The van der Waals surface area contributed by atoms with E-state index in [1.165, 1.54) is 0 Å². The molecule has 4 heteroatoms. The highest BCUT2D eigenvalue weighted by molar-refractivity contribution is 5.83. The minimum Gasteiger partial charge on any atom is -0.390 e. The number of rotatable bonds is 3. The summed E-state index contributed by atoms with van der Waals surface area (Å²) in [6.07, 6.45) is -0.0452. The Hall–Kier alpha value is -2.17. The first-order chi connectivity index (χ1) is 10.2. The minimum atomic E-state index is -0.730. The van der Waals surface area contributed by atoms with Crippen LogP contribution in [0.4, 0.5) is 0 Å². The number of nitrogens with one attached hydrogen (secondary N) is 1. The first-order valence-corrected chi connectivity index (χ1v) is 7.03. The summed E-state index contributed by atoms with van der Waals surface area (Å²) in [6, 6.07) is 15.9. The van der Waals surface area contributed by atoms with E-state index in [1.54, 1.807) is 0 Å². The number of amides is 1. The van der Waals surface area contributed by atoms with E-state index in [1.807, 2.05) is 54.6 Å². The fraction of sp³-hybridized carbons (Fsp3) is 0.235. The molecular weight excluding hydrogens is 264 g/mol. The smallest absolute Gasteiger partial charge is 0.242 e. The van der Waals surface area contributed by atoms with E-state index >= 15 is 0 Å². The lowest BCUT2D eigenvalue weighted by atomic mass is 10.0. The van der Waals surface area contributed by atoms with E-state index in [0.29, 0.717) is 6.42 Å². The molecule has 108 valence electrons. The summed E-state index contributed by atoms with van der Waals surface area (Å²) in [4.78, 5) is 12.3. The maximum Gasteiger partial charge on any atom is 0.242 e. The molecule has 1 amide bonds. The van der Waals surface area contributed by atoms with Crippen LogP contribution >= 0.6 is 0 Å². The van der Waals surface area contributed by atoms with Gasteiger partial charge in [-0.05, 0) is 16.7 Å². The second-order valence-electron chi connectivity index (χ2n) is 5.34. The monoisotopic (exact) mass is 282 g/mol. The van der Waals surface area contributed by atoms with Crippen LogP contribution in [0.5, 0.6) is 0 Å². The van der Waals surface area contributed by atoms with E-state index in [2.05, 4.69) is 5.32 Å². The van der Waals surface area contributed by atoms with Crippen LogP contribution in [-0.4, -0.2) is 17.1 Å².